The van der Waals surface area contributed by atoms with Gasteiger partial charge in [0.1, 0.15) is 28.9 Å². The number of aromatic nitrogens is 4. The van der Waals surface area contributed by atoms with Gasteiger partial charge in [-0.3, -0.25) is 4.79 Å². The monoisotopic (exact) mass is 489 g/mol. The zero-order chi connectivity index (χ0) is 24.6. The van der Waals surface area contributed by atoms with Gasteiger partial charge in [-0.25, -0.2) is 14.6 Å². The van der Waals surface area contributed by atoms with Crippen molar-refractivity contribution in [3.8, 4) is 17.3 Å². The van der Waals surface area contributed by atoms with Crippen LogP contribution < -0.4 is 4.90 Å². The van der Waals surface area contributed by atoms with Crippen molar-refractivity contribution in [3.63, 3.8) is 0 Å². The van der Waals surface area contributed by atoms with Gasteiger partial charge in [-0.2, -0.15) is 23.5 Å². The van der Waals surface area contributed by atoms with E-state index in [9.17, 15) is 18.0 Å². The molecule has 8 nitrogen and oxygen atoms in total. The average molecular weight is 490 g/mol. The minimum absolute atomic E-state index is 0.0618. The SMILES string of the molecule is Cc1nc(C)n(CC(=O)N2CCN(c3sc(C(F)(F)F)nc3-c3ccc(C#N)cc3)C[C@H]2C)n1. The molecule has 0 radical (unpaired) electrons. The van der Waals surface area contributed by atoms with Crippen LogP contribution in [0.3, 0.4) is 0 Å². The van der Waals surface area contributed by atoms with E-state index in [0.29, 0.717) is 58.7 Å². The van der Waals surface area contributed by atoms with E-state index in [1.165, 1.54) is 0 Å². The molecular formula is C22H22F3N7OS. The smallest absolute Gasteiger partial charge is 0.358 e. The summed E-state index contributed by atoms with van der Waals surface area (Å²) in [5.41, 5.74) is 1.14. The highest BCUT2D eigenvalue weighted by Gasteiger charge is 2.38. The molecule has 1 aliphatic heterocycles. The number of amides is 1. The molecule has 1 aromatic carbocycles. The number of alkyl halides is 3. The van der Waals surface area contributed by atoms with Gasteiger partial charge in [0.25, 0.3) is 0 Å². The Hall–Kier alpha value is -3.46. The second kappa shape index (κ2) is 9.06. The molecule has 1 atom stereocenters. The summed E-state index contributed by atoms with van der Waals surface area (Å²) in [5, 5.41) is 12.7. The third-order valence-corrected chi connectivity index (χ3v) is 6.78. The predicted molar refractivity (Wildman–Crippen MR) is 120 cm³/mol. The number of anilines is 1. The van der Waals surface area contributed by atoms with Crippen molar-refractivity contribution in [2.24, 2.45) is 0 Å². The van der Waals surface area contributed by atoms with E-state index >= 15 is 0 Å². The number of carbonyl (C=O) groups is 1. The maximum atomic E-state index is 13.5. The lowest BCUT2D eigenvalue weighted by Gasteiger charge is -2.40. The van der Waals surface area contributed by atoms with Crippen molar-refractivity contribution in [1.29, 1.82) is 5.26 Å². The first kappa shape index (κ1) is 23.7. The van der Waals surface area contributed by atoms with Gasteiger partial charge in [0.2, 0.25) is 10.9 Å². The third-order valence-electron chi connectivity index (χ3n) is 5.62. The molecule has 1 fully saturated rings. The maximum Gasteiger partial charge on any atom is 0.443 e. The van der Waals surface area contributed by atoms with Crippen LogP contribution in [0.15, 0.2) is 24.3 Å². The molecule has 0 bridgehead atoms. The summed E-state index contributed by atoms with van der Waals surface area (Å²) in [5.74, 6) is 1.12. The lowest BCUT2D eigenvalue weighted by molar-refractivity contribution is -0.137. The Bertz CT molecular complexity index is 1240. The molecule has 0 saturated carbocycles. The summed E-state index contributed by atoms with van der Waals surface area (Å²) in [6.07, 6.45) is -4.57. The highest BCUT2D eigenvalue weighted by Crippen LogP contribution is 2.43. The Morgan fingerprint density at radius 2 is 1.91 bits per heavy atom. The van der Waals surface area contributed by atoms with E-state index in [1.807, 2.05) is 17.9 Å². The van der Waals surface area contributed by atoms with Gasteiger partial charge in [0.05, 0.1) is 11.6 Å². The molecule has 34 heavy (non-hydrogen) atoms. The zero-order valence-corrected chi connectivity index (χ0v) is 19.6. The van der Waals surface area contributed by atoms with Gasteiger partial charge in [-0.1, -0.05) is 23.5 Å². The molecule has 3 aromatic rings. The second-order valence-electron chi connectivity index (χ2n) is 8.11. The fourth-order valence-electron chi connectivity index (χ4n) is 3.98. The van der Waals surface area contributed by atoms with Crippen molar-refractivity contribution >= 4 is 22.2 Å². The number of hydrogen-bond donors (Lipinski definition) is 0. The van der Waals surface area contributed by atoms with E-state index in [0.717, 1.165) is 0 Å². The first-order chi connectivity index (χ1) is 16.1. The number of nitriles is 1. The summed E-state index contributed by atoms with van der Waals surface area (Å²) >= 11 is 0.596. The minimum Gasteiger partial charge on any atom is -0.358 e. The lowest BCUT2D eigenvalue weighted by atomic mass is 10.1. The number of hydrogen-bond acceptors (Lipinski definition) is 7. The van der Waals surface area contributed by atoms with Crippen LogP contribution >= 0.6 is 11.3 Å². The van der Waals surface area contributed by atoms with Crippen LogP contribution in [0, 0.1) is 25.2 Å². The molecule has 0 unspecified atom stereocenters. The van der Waals surface area contributed by atoms with Gasteiger partial charge in [0, 0.05) is 31.2 Å². The molecular weight excluding hydrogens is 467 g/mol. The molecule has 1 amide bonds. The van der Waals surface area contributed by atoms with Crippen LogP contribution in [-0.4, -0.2) is 56.2 Å². The Kier molecular flexibility index (Phi) is 6.31. The van der Waals surface area contributed by atoms with Gasteiger partial charge in [0.15, 0.2) is 0 Å². The Balaban J connectivity index is 1.56. The fraction of sp³-hybridized carbons (Fsp3) is 0.409. The van der Waals surface area contributed by atoms with Crippen LogP contribution in [0.25, 0.3) is 11.3 Å². The third kappa shape index (κ3) is 4.75. The highest BCUT2D eigenvalue weighted by atomic mass is 32.1. The summed E-state index contributed by atoms with van der Waals surface area (Å²) in [6.45, 7) is 6.56. The van der Waals surface area contributed by atoms with Gasteiger partial charge in [-0.15, -0.1) is 0 Å². The normalized spacial score (nSPS) is 16.6. The van der Waals surface area contributed by atoms with E-state index in [-0.39, 0.29) is 24.2 Å². The predicted octanol–water partition coefficient (Wildman–Crippen LogP) is 3.65. The molecule has 178 valence electrons. The molecule has 0 aliphatic carbocycles. The molecule has 0 spiro atoms. The molecule has 12 heteroatoms. The maximum absolute atomic E-state index is 13.5. The van der Waals surface area contributed by atoms with Crippen LogP contribution in [0.5, 0.6) is 0 Å². The van der Waals surface area contributed by atoms with Crippen molar-refractivity contribution in [3.05, 3.63) is 46.5 Å². The lowest BCUT2D eigenvalue weighted by Crippen LogP contribution is -2.54. The first-order valence-corrected chi connectivity index (χ1v) is 11.4. The summed E-state index contributed by atoms with van der Waals surface area (Å²) in [7, 11) is 0. The highest BCUT2D eigenvalue weighted by molar-refractivity contribution is 7.16. The minimum atomic E-state index is -4.57. The van der Waals surface area contributed by atoms with E-state index in [1.54, 1.807) is 47.7 Å². The summed E-state index contributed by atoms with van der Waals surface area (Å²) in [6, 6.07) is 8.08. The standard InChI is InChI=1S/C22H22F3N7OS/c1-13-11-30(8-9-31(13)18(33)12-32-15(3)27-14(2)29-32)20-19(28-21(34-20)22(23,24)25)17-6-4-16(10-26)5-7-17/h4-7,13H,8-9,11-12H2,1-3H3/t13-/m1/s1. The molecule has 4 rings (SSSR count). The average Bonchev–Trinajstić information content (AvgIpc) is 3.37. The largest absolute Gasteiger partial charge is 0.443 e. The van der Waals surface area contributed by atoms with E-state index < -0.39 is 11.2 Å². The summed E-state index contributed by atoms with van der Waals surface area (Å²) < 4.78 is 42.0. The van der Waals surface area contributed by atoms with Gasteiger partial charge >= 0.3 is 6.18 Å². The number of benzene rings is 1. The topological polar surface area (TPSA) is 90.9 Å². The summed E-state index contributed by atoms with van der Waals surface area (Å²) in [4.78, 5) is 24.6. The number of rotatable bonds is 4. The van der Waals surface area contributed by atoms with E-state index in [4.69, 9.17) is 5.26 Å². The van der Waals surface area contributed by atoms with Crippen molar-refractivity contribution in [2.45, 2.75) is 39.5 Å². The fourth-order valence-corrected chi connectivity index (χ4v) is 4.97. The Morgan fingerprint density at radius 3 is 2.47 bits per heavy atom. The Morgan fingerprint density at radius 1 is 1.21 bits per heavy atom. The van der Waals surface area contributed by atoms with Crippen molar-refractivity contribution < 1.29 is 18.0 Å². The molecule has 1 saturated heterocycles. The number of piperazine rings is 1. The molecule has 2 aromatic heterocycles. The van der Waals surface area contributed by atoms with E-state index in [2.05, 4.69) is 15.1 Å². The molecule has 1 aliphatic rings. The number of halogens is 3. The number of nitrogens with zero attached hydrogens (tertiary/aromatic N) is 7. The number of aryl methyl sites for hydroxylation is 2. The first-order valence-electron chi connectivity index (χ1n) is 10.6. The van der Waals surface area contributed by atoms with Crippen LogP contribution in [0.2, 0.25) is 0 Å². The zero-order valence-electron chi connectivity index (χ0n) is 18.8. The van der Waals surface area contributed by atoms with Crippen LogP contribution in [0.4, 0.5) is 18.2 Å². The Labute approximate surface area is 198 Å². The quantitative estimate of drug-likeness (QED) is 0.556. The van der Waals surface area contributed by atoms with Crippen molar-refractivity contribution in [2.75, 3.05) is 24.5 Å². The van der Waals surface area contributed by atoms with Crippen LogP contribution in [0.1, 0.15) is 29.1 Å². The number of thiazole rings is 1. The molecule has 3 heterocycles. The second-order valence-corrected chi connectivity index (χ2v) is 9.08. The van der Waals surface area contributed by atoms with Gasteiger partial charge < -0.3 is 9.80 Å². The molecule has 0 N–H and O–H groups in total. The van der Waals surface area contributed by atoms with Crippen LogP contribution in [-0.2, 0) is 17.5 Å². The van der Waals surface area contributed by atoms with Gasteiger partial charge in [-0.05, 0) is 32.9 Å². The number of carbonyl (C=O) groups excluding carboxylic acids is 1. The van der Waals surface area contributed by atoms with Crippen molar-refractivity contribution in [1.82, 2.24) is 24.6 Å².